The van der Waals surface area contributed by atoms with E-state index in [0.29, 0.717) is 6.04 Å². The number of piperidine rings is 1. The third kappa shape index (κ3) is 2.27. The van der Waals surface area contributed by atoms with Crippen LogP contribution in [0.25, 0.3) is 10.9 Å². The van der Waals surface area contributed by atoms with E-state index in [1.54, 1.807) is 12.1 Å². The summed E-state index contributed by atoms with van der Waals surface area (Å²) < 4.78 is 13.7. The van der Waals surface area contributed by atoms with Crippen molar-refractivity contribution in [2.75, 3.05) is 6.54 Å². The molecule has 122 valence electrons. The molecule has 1 aromatic carbocycles. The summed E-state index contributed by atoms with van der Waals surface area (Å²) in [7, 11) is 0. The molecule has 2 aliphatic rings. The van der Waals surface area contributed by atoms with Crippen molar-refractivity contribution in [1.82, 2.24) is 9.88 Å². The SMILES string of the molecule is CCC1CCCCN1C(=O)C1(c2c[nH]c3ccc(F)cc23)CC1. The van der Waals surface area contributed by atoms with Gasteiger partial charge < -0.3 is 9.88 Å². The van der Waals surface area contributed by atoms with Crippen molar-refractivity contribution in [3.8, 4) is 0 Å². The second-order valence-corrected chi connectivity index (χ2v) is 7.03. The zero-order chi connectivity index (χ0) is 16.0. The summed E-state index contributed by atoms with van der Waals surface area (Å²) in [5.41, 5.74) is 1.47. The minimum atomic E-state index is -0.420. The Balaban J connectivity index is 1.72. The quantitative estimate of drug-likeness (QED) is 0.908. The van der Waals surface area contributed by atoms with Gasteiger partial charge in [-0.2, -0.15) is 0 Å². The van der Waals surface area contributed by atoms with Gasteiger partial charge in [-0.25, -0.2) is 4.39 Å². The molecule has 23 heavy (non-hydrogen) atoms. The number of fused-ring (bicyclic) bond motifs is 1. The van der Waals surface area contributed by atoms with Crippen LogP contribution in [0.15, 0.2) is 24.4 Å². The van der Waals surface area contributed by atoms with Gasteiger partial charge in [0.15, 0.2) is 0 Å². The summed E-state index contributed by atoms with van der Waals surface area (Å²) in [5.74, 6) is 0.0141. The maximum absolute atomic E-state index is 13.7. The topological polar surface area (TPSA) is 36.1 Å². The molecule has 1 aliphatic heterocycles. The molecular formula is C19H23FN2O. The molecule has 0 spiro atoms. The van der Waals surface area contributed by atoms with E-state index in [4.69, 9.17) is 0 Å². The van der Waals surface area contributed by atoms with E-state index in [1.165, 1.54) is 12.5 Å². The third-order valence-corrected chi connectivity index (χ3v) is 5.68. The largest absolute Gasteiger partial charge is 0.361 e. The second-order valence-electron chi connectivity index (χ2n) is 7.03. The van der Waals surface area contributed by atoms with Gasteiger partial charge in [-0.3, -0.25) is 4.79 Å². The number of aromatic amines is 1. The molecule has 1 amide bonds. The van der Waals surface area contributed by atoms with Crippen molar-refractivity contribution in [2.24, 2.45) is 0 Å². The summed E-state index contributed by atoms with van der Waals surface area (Å²) in [5, 5.41) is 0.862. The molecule has 1 N–H and O–H groups in total. The molecule has 1 atom stereocenters. The molecule has 2 aromatic rings. The van der Waals surface area contributed by atoms with Crippen molar-refractivity contribution in [1.29, 1.82) is 0 Å². The van der Waals surface area contributed by atoms with Gasteiger partial charge in [0.2, 0.25) is 5.91 Å². The molecule has 4 heteroatoms. The van der Waals surface area contributed by atoms with Gasteiger partial charge >= 0.3 is 0 Å². The van der Waals surface area contributed by atoms with Crippen LogP contribution in [-0.4, -0.2) is 28.4 Å². The predicted molar refractivity (Wildman–Crippen MR) is 88.8 cm³/mol. The van der Waals surface area contributed by atoms with E-state index in [1.807, 2.05) is 6.20 Å². The van der Waals surface area contributed by atoms with Crippen molar-refractivity contribution >= 4 is 16.8 Å². The number of halogens is 1. The van der Waals surface area contributed by atoms with Crippen molar-refractivity contribution in [3.63, 3.8) is 0 Å². The summed E-state index contributed by atoms with van der Waals surface area (Å²) >= 11 is 0. The number of carbonyl (C=O) groups is 1. The highest BCUT2D eigenvalue weighted by Gasteiger charge is 2.55. The molecule has 1 aromatic heterocycles. The van der Waals surface area contributed by atoms with Crippen LogP contribution in [-0.2, 0) is 10.2 Å². The Morgan fingerprint density at radius 1 is 1.39 bits per heavy atom. The van der Waals surface area contributed by atoms with E-state index in [0.717, 1.165) is 55.1 Å². The van der Waals surface area contributed by atoms with E-state index in [9.17, 15) is 9.18 Å². The second kappa shape index (κ2) is 5.36. The van der Waals surface area contributed by atoms with Crippen LogP contribution in [0.3, 0.4) is 0 Å². The molecule has 1 saturated carbocycles. The normalized spacial score (nSPS) is 23.2. The zero-order valence-electron chi connectivity index (χ0n) is 13.6. The van der Waals surface area contributed by atoms with Crippen LogP contribution in [0.2, 0.25) is 0 Å². The molecule has 2 heterocycles. The lowest BCUT2D eigenvalue weighted by Gasteiger charge is -2.37. The van der Waals surface area contributed by atoms with Crippen LogP contribution in [0.1, 0.15) is 51.0 Å². The van der Waals surface area contributed by atoms with Crippen LogP contribution in [0, 0.1) is 5.82 Å². The highest BCUT2D eigenvalue weighted by Crippen LogP contribution is 2.52. The third-order valence-electron chi connectivity index (χ3n) is 5.68. The Bertz CT molecular complexity index is 747. The standard InChI is InChI=1S/C19H23FN2O/c1-2-14-5-3-4-10-22(14)18(23)19(8-9-19)16-12-21-17-7-6-13(20)11-15(16)17/h6-7,11-12,14,21H,2-5,8-10H2,1H3. The smallest absolute Gasteiger partial charge is 0.233 e. The Morgan fingerprint density at radius 3 is 2.96 bits per heavy atom. The number of amides is 1. The van der Waals surface area contributed by atoms with E-state index >= 15 is 0 Å². The molecule has 0 radical (unpaired) electrons. The highest BCUT2D eigenvalue weighted by molar-refractivity contribution is 5.97. The molecule has 3 nitrogen and oxygen atoms in total. The fraction of sp³-hybridized carbons (Fsp3) is 0.526. The fourth-order valence-corrected chi connectivity index (χ4v) is 4.18. The number of rotatable bonds is 3. The Labute approximate surface area is 135 Å². The Hall–Kier alpha value is -1.84. The van der Waals surface area contributed by atoms with Crippen molar-refractivity contribution in [2.45, 2.75) is 56.9 Å². The van der Waals surface area contributed by atoms with E-state index < -0.39 is 5.41 Å². The predicted octanol–water partition coefficient (Wildman–Crippen LogP) is 4.13. The van der Waals surface area contributed by atoms with Gasteiger partial charge in [-0.1, -0.05) is 6.92 Å². The number of benzene rings is 1. The first-order valence-electron chi connectivity index (χ1n) is 8.74. The lowest BCUT2D eigenvalue weighted by atomic mass is 9.90. The summed E-state index contributed by atoms with van der Waals surface area (Å²) in [4.78, 5) is 18.6. The lowest BCUT2D eigenvalue weighted by Crippen LogP contribution is -2.48. The van der Waals surface area contributed by atoms with Crippen molar-refractivity contribution in [3.05, 3.63) is 35.8 Å². The van der Waals surface area contributed by atoms with Gasteiger partial charge in [-0.05, 0) is 62.3 Å². The minimum absolute atomic E-state index is 0.244. The molecule has 4 rings (SSSR count). The molecular weight excluding hydrogens is 291 g/mol. The highest BCUT2D eigenvalue weighted by atomic mass is 19.1. The molecule has 1 saturated heterocycles. The average Bonchev–Trinajstić information content (AvgIpc) is 3.28. The maximum Gasteiger partial charge on any atom is 0.233 e. The maximum atomic E-state index is 13.7. The first kappa shape index (κ1) is 14.7. The van der Waals surface area contributed by atoms with Crippen LogP contribution in [0.5, 0.6) is 0 Å². The summed E-state index contributed by atoms with van der Waals surface area (Å²) in [6, 6.07) is 5.14. The number of hydrogen-bond donors (Lipinski definition) is 1. The zero-order valence-corrected chi connectivity index (χ0v) is 13.6. The van der Waals surface area contributed by atoms with Gasteiger partial charge in [0.25, 0.3) is 0 Å². The fourth-order valence-electron chi connectivity index (χ4n) is 4.18. The molecule has 2 fully saturated rings. The van der Waals surface area contributed by atoms with Gasteiger partial charge in [0.1, 0.15) is 5.82 Å². The average molecular weight is 314 g/mol. The Morgan fingerprint density at radius 2 is 2.22 bits per heavy atom. The number of aromatic nitrogens is 1. The van der Waals surface area contributed by atoms with E-state index in [-0.39, 0.29) is 11.7 Å². The summed E-state index contributed by atoms with van der Waals surface area (Å²) in [6.07, 6.45) is 8.12. The van der Waals surface area contributed by atoms with Crippen LogP contribution >= 0.6 is 0 Å². The first-order chi connectivity index (χ1) is 11.2. The number of carbonyl (C=O) groups excluding carboxylic acids is 1. The van der Waals surface area contributed by atoms with Crippen LogP contribution in [0.4, 0.5) is 4.39 Å². The Kier molecular flexibility index (Phi) is 3.43. The molecule has 0 bridgehead atoms. The minimum Gasteiger partial charge on any atom is -0.361 e. The summed E-state index contributed by atoms with van der Waals surface area (Å²) in [6.45, 7) is 3.03. The number of nitrogens with zero attached hydrogens (tertiary/aromatic N) is 1. The molecule has 1 unspecified atom stereocenters. The lowest BCUT2D eigenvalue weighted by molar-refractivity contribution is -0.137. The number of H-pyrrole nitrogens is 1. The van der Waals surface area contributed by atoms with Gasteiger partial charge in [-0.15, -0.1) is 0 Å². The van der Waals surface area contributed by atoms with E-state index in [2.05, 4.69) is 16.8 Å². The monoisotopic (exact) mass is 314 g/mol. The van der Waals surface area contributed by atoms with Crippen molar-refractivity contribution < 1.29 is 9.18 Å². The number of likely N-dealkylation sites (tertiary alicyclic amines) is 1. The van der Waals surface area contributed by atoms with Gasteiger partial charge in [0, 0.05) is 29.7 Å². The molecule has 1 aliphatic carbocycles. The first-order valence-corrected chi connectivity index (χ1v) is 8.74. The number of hydrogen-bond acceptors (Lipinski definition) is 1. The van der Waals surface area contributed by atoms with Crippen LogP contribution < -0.4 is 0 Å². The van der Waals surface area contributed by atoms with Gasteiger partial charge in [0.05, 0.1) is 5.41 Å². The number of nitrogens with one attached hydrogen (secondary N) is 1.